The first-order valence-corrected chi connectivity index (χ1v) is 4.32. The summed E-state index contributed by atoms with van der Waals surface area (Å²) in [7, 11) is 0. The van der Waals surface area contributed by atoms with E-state index in [2.05, 4.69) is 10.6 Å². The van der Waals surface area contributed by atoms with Crippen LogP contribution in [0.5, 0.6) is 0 Å². The minimum Gasteiger partial charge on any atom is -0.377 e. The standard InChI is InChI=1S/C8H16N2O2/c1-3-6(2)10-7(11)8(12)4-9-5-8/h6,9,12H,3-5H2,1-2H3,(H,10,11). The molecule has 0 saturated carbocycles. The third-order valence-corrected chi connectivity index (χ3v) is 2.25. The van der Waals surface area contributed by atoms with Crippen LogP contribution in [0.15, 0.2) is 0 Å². The van der Waals surface area contributed by atoms with Crippen LogP contribution in [0.3, 0.4) is 0 Å². The fraction of sp³-hybridized carbons (Fsp3) is 0.875. The van der Waals surface area contributed by atoms with E-state index in [1.807, 2.05) is 13.8 Å². The van der Waals surface area contributed by atoms with E-state index in [-0.39, 0.29) is 11.9 Å². The maximum atomic E-state index is 11.3. The van der Waals surface area contributed by atoms with Crippen molar-refractivity contribution in [1.29, 1.82) is 0 Å². The van der Waals surface area contributed by atoms with Gasteiger partial charge in [0.2, 0.25) is 0 Å². The van der Waals surface area contributed by atoms with Crippen molar-refractivity contribution in [1.82, 2.24) is 10.6 Å². The van der Waals surface area contributed by atoms with E-state index >= 15 is 0 Å². The van der Waals surface area contributed by atoms with Crippen molar-refractivity contribution in [2.24, 2.45) is 0 Å². The summed E-state index contributed by atoms with van der Waals surface area (Å²) in [4.78, 5) is 11.3. The molecule has 1 heterocycles. The van der Waals surface area contributed by atoms with Crippen molar-refractivity contribution in [3.05, 3.63) is 0 Å². The molecule has 1 aliphatic rings. The molecule has 12 heavy (non-hydrogen) atoms. The van der Waals surface area contributed by atoms with Crippen LogP contribution in [-0.4, -0.2) is 35.7 Å². The molecular weight excluding hydrogens is 156 g/mol. The summed E-state index contributed by atoms with van der Waals surface area (Å²) in [5.74, 6) is -0.254. The predicted octanol–water partition coefficient (Wildman–Crippen LogP) is -0.765. The first-order valence-electron chi connectivity index (χ1n) is 4.32. The number of carbonyl (C=O) groups is 1. The van der Waals surface area contributed by atoms with Crippen molar-refractivity contribution in [3.63, 3.8) is 0 Å². The molecule has 1 unspecified atom stereocenters. The van der Waals surface area contributed by atoms with Crippen LogP contribution in [0, 0.1) is 0 Å². The average Bonchev–Trinajstić information content (AvgIpc) is 1.99. The van der Waals surface area contributed by atoms with Gasteiger partial charge in [0.25, 0.3) is 5.91 Å². The highest BCUT2D eigenvalue weighted by Crippen LogP contribution is 2.10. The molecule has 0 aliphatic carbocycles. The fourth-order valence-corrected chi connectivity index (χ4v) is 0.983. The highest BCUT2D eigenvalue weighted by Gasteiger charge is 2.42. The Balaban J connectivity index is 2.37. The normalized spacial score (nSPS) is 22.6. The van der Waals surface area contributed by atoms with Gasteiger partial charge in [-0.15, -0.1) is 0 Å². The second-order valence-corrected chi connectivity index (χ2v) is 3.42. The molecule has 1 fully saturated rings. The molecule has 1 saturated heterocycles. The maximum Gasteiger partial charge on any atom is 0.254 e. The van der Waals surface area contributed by atoms with Gasteiger partial charge < -0.3 is 15.7 Å². The summed E-state index contributed by atoms with van der Waals surface area (Å²) in [6.45, 7) is 4.66. The van der Waals surface area contributed by atoms with E-state index in [4.69, 9.17) is 0 Å². The Morgan fingerprint density at radius 3 is 2.67 bits per heavy atom. The Morgan fingerprint density at radius 2 is 2.33 bits per heavy atom. The molecule has 0 aromatic heterocycles. The van der Waals surface area contributed by atoms with Crippen molar-refractivity contribution in [2.75, 3.05) is 13.1 Å². The topological polar surface area (TPSA) is 61.4 Å². The molecule has 0 bridgehead atoms. The van der Waals surface area contributed by atoms with Crippen LogP contribution in [0.4, 0.5) is 0 Å². The first kappa shape index (κ1) is 9.48. The molecule has 1 rings (SSSR count). The number of aliphatic hydroxyl groups is 1. The van der Waals surface area contributed by atoms with Gasteiger partial charge in [0.1, 0.15) is 0 Å². The van der Waals surface area contributed by atoms with E-state index in [0.717, 1.165) is 6.42 Å². The van der Waals surface area contributed by atoms with Gasteiger partial charge in [-0.25, -0.2) is 0 Å². The summed E-state index contributed by atoms with van der Waals surface area (Å²) in [6, 6.07) is 0.141. The highest BCUT2D eigenvalue weighted by molar-refractivity contribution is 5.86. The lowest BCUT2D eigenvalue weighted by Crippen LogP contribution is -2.67. The second-order valence-electron chi connectivity index (χ2n) is 3.42. The molecular formula is C8H16N2O2. The average molecular weight is 172 g/mol. The van der Waals surface area contributed by atoms with E-state index in [9.17, 15) is 9.90 Å². The Morgan fingerprint density at radius 1 is 1.75 bits per heavy atom. The predicted molar refractivity (Wildman–Crippen MR) is 45.7 cm³/mol. The molecule has 0 aromatic rings. The Bertz CT molecular complexity index is 178. The maximum absolute atomic E-state index is 11.3. The lowest BCUT2D eigenvalue weighted by molar-refractivity contribution is -0.145. The summed E-state index contributed by atoms with van der Waals surface area (Å²) >= 11 is 0. The summed E-state index contributed by atoms with van der Waals surface area (Å²) in [5, 5.41) is 15.2. The lowest BCUT2D eigenvalue weighted by Gasteiger charge is -2.36. The van der Waals surface area contributed by atoms with Gasteiger partial charge in [-0.2, -0.15) is 0 Å². The highest BCUT2D eigenvalue weighted by atomic mass is 16.3. The van der Waals surface area contributed by atoms with Crippen LogP contribution >= 0.6 is 0 Å². The molecule has 3 N–H and O–H groups in total. The van der Waals surface area contributed by atoms with Crippen LogP contribution in [-0.2, 0) is 4.79 Å². The molecule has 0 radical (unpaired) electrons. The zero-order valence-electron chi connectivity index (χ0n) is 7.55. The zero-order valence-corrected chi connectivity index (χ0v) is 7.55. The second kappa shape index (κ2) is 3.41. The molecule has 0 spiro atoms. The van der Waals surface area contributed by atoms with Gasteiger partial charge in [-0.3, -0.25) is 4.79 Å². The monoisotopic (exact) mass is 172 g/mol. The van der Waals surface area contributed by atoms with Gasteiger partial charge in [0.05, 0.1) is 0 Å². The number of carbonyl (C=O) groups excluding carboxylic acids is 1. The summed E-state index contributed by atoms with van der Waals surface area (Å²) < 4.78 is 0. The number of rotatable bonds is 3. The van der Waals surface area contributed by atoms with Crippen molar-refractivity contribution in [2.45, 2.75) is 31.9 Å². The first-order chi connectivity index (χ1) is 5.58. The van der Waals surface area contributed by atoms with Gasteiger partial charge in [0, 0.05) is 19.1 Å². The van der Waals surface area contributed by atoms with Gasteiger partial charge in [-0.1, -0.05) is 6.92 Å². The van der Waals surface area contributed by atoms with E-state index in [1.165, 1.54) is 0 Å². The van der Waals surface area contributed by atoms with Crippen molar-refractivity contribution >= 4 is 5.91 Å². The van der Waals surface area contributed by atoms with Gasteiger partial charge in [-0.05, 0) is 13.3 Å². The largest absolute Gasteiger partial charge is 0.377 e. The Hall–Kier alpha value is -0.610. The Kier molecular flexibility index (Phi) is 2.69. The summed E-state index contributed by atoms with van der Waals surface area (Å²) in [6.07, 6.45) is 0.884. The lowest BCUT2D eigenvalue weighted by atomic mass is 9.96. The quantitative estimate of drug-likeness (QED) is 0.524. The van der Waals surface area contributed by atoms with E-state index in [0.29, 0.717) is 13.1 Å². The van der Waals surface area contributed by atoms with Crippen molar-refractivity contribution in [3.8, 4) is 0 Å². The minimum absolute atomic E-state index is 0.141. The molecule has 4 nitrogen and oxygen atoms in total. The Labute approximate surface area is 72.3 Å². The fourth-order valence-electron chi connectivity index (χ4n) is 0.983. The van der Waals surface area contributed by atoms with E-state index < -0.39 is 5.60 Å². The minimum atomic E-state index is -1.15. The van der Waals surface area contributed by atoms with Crippen molar-refractivity contribution < 1.29 is 9.90 Å². The van der Waals surface area contributed by atoms with Gasteiger partial charge in [0.15, 0.2) is 5.60 Å². The van der Waals surface area contributed by atoms with Crippen LogP contribution in [0.2, 0.25) is 0 Å². The molecule has 1 amide bonds. The number of β-amino-alcohol motifs (C(OH)–C–C–N with tert-alkyl or cyclic N) is 1. The molecule has 1 atom stereocenters. The molecule has 0 aromatic carbocycles. The summed E-state index contributed by atoms with van der Waals surface area (Å²) in [5.41, 5.74) is -1.15. The number of amides is 1. The van der Waals surface area contributed by atoms with Crippen LogP contribution in [0.25, 0.3) is 0 Å². The SMILES string of the molecule is CCC(C)NC(=O)C1(O)CNC1. The zero-order chi connectivity index (χ0) is 9.19. The third kappa shape index (κ3) is 1.76. The number of hydrogen-bond donors (Lipinski definition) is 3. The third-order valence-electron chi connectivity index (χ3n) is 2.25. The molecule has 1 aliphatic heterocycles. The number of hydrogen-bond acceptors (Lipinski definition) is 3. The molecule has 4 heteroatoms. The van der Waals surface area contributed by atoms with Gasteiger partial charge >= 0.3 is 0 Å². The number of nitrogens with one attached hydrogen (secondary N) is 2. The molecule has 70 valence electrons. The van der Waals surface area contributed by atoms with Crippen LogP contribution in [0.1, 0.15) is 20.3 Å². The van der Waals surface area contributed by atoms with E-state index in [1.54, 1.807) is 0 Å². The smallest absolute Gasteiger partial charge is 0.254 e. The van der Waals surface area contributed by atoms with Crippen LogP contribution < -0.4 is 10.6 Å².